The zero-order valence-corrected chi connectivity index (χ0v) is 10.4. The van der Waals surface area contributed by atoms with E-state index in [0.29, 0.717) is 10.6 Å². The Hall–Kier alpha value is -2.01. The topological polar surface area (TPSA) is 42.0 Å². The van der Waals surface area contributed by atoms with E-state index in [1.54, 1.807) is 24.3 Å². The van der Waals surface area contributed by atoms with Gasteiger partial charge in [-0.25, -0.2) is 0 Å². The maximum Gasteiger partial charge on any atom is 0.239 e. The maximum atomic E-state index is 13.2. The number of rotatable bonds is 3. The zero-order valence-electron chi connectivity index (χ0n) is 9.66. The predicted octanol–water partition coefficient (Wildman–Crippen LogP) is 3.19. The minimum absolute atomic E-state index is 0.00348. The van der Waals surface area contributed by atoms with Gasteiger partial charge in [0.15, 0.2) is 0 Å². The Bertz CT molecular complexity index is 619. The van der Waals surface area contributed by atoms with Crippen molar-refractivity contribution < 1.29 is 13.6 Å². The highest BCUT2D eigenvalue weighted by Crippen LogP contribution is 2.17. The Balaban J connectivity index is 2.08. The summed E-state index contributed by atoms with van der Waals surface area (Å²) in [5, 5.41) is 2.77. The monoisotopic (exact) mass is 282 g/mol. The molecule has 1 amide bonds. The highest BCUT2D eigenvalue weighted by Gasteiger charge is 2.11. The lowest BCUT2D eigenvalue weighted by Crippen LogP contribution is -2.16. The lowest BCUT2D eigenvalue weighted by atomic mass is 10.1. The fourth-order valence-corrected chi connectivity index (χ4v) is 1.72. The third-order valence-electron chi connectivity index (χ3n) is 2.40. The van der Waals surface area contributed by atoms with Gasteiger partial charge in [0.05, 0.1) is 12.1 Å². The van der Waals surface area contributed by atoms with Crippen molar-refractivity contribution in [3.8, 4) is 0 Å². The van der Waals surface area contributed by atoms with Gasteiger partial charge in [-0.05, 0) is 23.8 Å². The van der Waals surface area contributed by atoms with Crippen molar-refractivity contribution in [2.24, 2.45) is 0 Å². The molecule has 0 aliphatic heterocycles. The quantitative estimate of drug-likeness (QED) is 0.879. The second-order valence-corrected chi connectivity index (χ2v) is 4.20. The van der Waals surface area contributed by atoms with Gasteiger partial charge in [-0.3, -0.25) is 4.79 Å². The minimum atomic E-state index is -1.06. The maximum absolute atomic E-state index is 13.2. The normalized spacial score (nSPS) is 10.3. The van der Waals surface area contributed by atoms with E-state index in [1.807, 2.05) is 0 Å². The van der Waals surface area contributed by atoms with E-state index in [2.05, 4.69) is 10.3 Å². The number of nitrogens with one attached hydrogen (secondary N) is 1. The Labute approximate surface area is 113 Å². The van der Waals surface area contributed by atoms with Crippen LogP contribution in [0.4, 0.5) is 14.5 Å². The number of pyridine rings is 1. The fourth-order valence-electron chi connectivity index (χ4n) is 1.51. The van der Waals surface area contributed by atoms with Crippen LogP contribution < -0.4 is 5.32 Å². The van der Waals surface area contributed by atoms with Crippen LogP contribution in [0.15, 0.2) is 36.4 Å². The minimum Gasteiger partial charge on any atom is -0.322 e. The first-order valence-electron chi connectivity index (χ1n) is 5.41. The molecule has 0 saturated heterocycles. The lowest BCUT2D eigenvalue weighted by molar-refractivity contribution is -0.115. The van der Waals surface area contributed by atoms with Gasteiger partial charge in [-0.1, -0.05) is 29.8 Å². The molecule has 2 aromatic rings. The number of carbonyl (C=O) groups excluding carboxylic acids is 1. The van der Waals surface area contributed by atoms with E-state index in [-0.39, 0.29) is 12.1 Å². The smallest absolute Gasteiger partial charge is 0.239 e. The van der Waals surface area contributed by atoms with Crippen molar-refractivity contribution in [3.63, 3.8) is 0 Å². The molecular formula is C13H9ClF2N2O. The number of carbonyl (C=O) groups is 1. The van der Waals surface area contributed by atoms with Crippen LogP contribution in [0.2, 0.25) is 5.02 Å². The molecule has 0 bridgehead atoms. The largest absolute Gasteiger partial charge is 0.322 e. The third kappa shape index (κ3) is 3.48. The molecule has 2 rings (SSSR count). The summed E-state index contributed by atoms with van der Waals surface area (Å²) in [7, 11) is 0. The standard InChI is InChI=1S/C13H9ClF2N2O/c14-9-4-2-1-3-8(9)7-12(19)17-10-5-6-11(15)18-13(10)16/h1-6H,7H2,(H,17,19). The molecule has 1 aromatic carbocycles. The molecule has 0 saturated carbocycles. The molecule has 19 heavy (non-hydrogen) atoms. The van der Waals surface area contributed by atoms with Gasteiger partial charge in [0.25, 0.3) is 0 Å². The molecule has 0 fully saturated rings. The molecule has 6 heteroatoms. The molecule has 0 aliphatic rings. The van der Waals surface area contributed by atoms with Crippen LogP contribution in [0.3, 0.4) is 0 Å². The van der Waals surface area contributed by atoms with E-state index in [9.17, 15) is 13.6 Å². The number of aromatic nitrogens is 1. The van der Waals surface area contributed by atoms with E-state index in [4.69, 9.17) is 11.6 Å². The Morgan fingerprint density at radius 1 is 1.21 bits per heavy atom. The summed E-state index contributed by atoms with van der Waals surface area (Å²) >= 11 is 5.91. The molecular weight excluding hydrogens is 274 g/mol. The zero-order chi connectivity index (χ0) is 13.8. The summed E-state index contributed by atoms with van der Waals surface area (Å²) in [6.45, 7) is 0. The van der Waals surface area contributed by atoms with Crippen LogP contribution in [-0.4, -0.2) is 10.9 Å². The summed E-state index contributed by atoms with van der Waals surface area (Å²) in [5.41, 5.74) is 0.454. The van der Waals surface area contributed by atoms with Crippen molar-refractivity contribution >= 4 is 23.2 Å². The second-order valence-electron chi connectivity index (χ2n) is 3.79. The average Bonchev–Trinajstić information content (AvgIpc) is 2.36. The van der Waals surface area contributed by atoms with Gasteiger partial charge in [0.1, 0.15) is 0 Å². The highest BCUT2D eigenvalue weighted by atomic mass is 35.5. The Morgan fingerprint density at radius 3 is 2.63 bits per heavy atom. The Kier molecular flexibility index (Phi) is 4.06. The fraction of sp³-hybridized carbons (Fsp3) is 0.0769. The van der Waals surface area contributed by atoms with Gasteiger partial charge >= 0.3 is 0 Å². The summed E-state index contributed by atoms with van der Waals surface area (Å²) < 4.78 is 25.8. The number of hydrogen-bond acceptors (Lipinski definition) is 2. The first-order valence-corrected chi connectivity index (χ1v) is 5.79. The average molecular weight is 283 g/mol. The van der Waals surface area contributed by atoms with Crippen LogP contribution >= 0.6 is 11.6 Å². The van der Waals surface area contributed by atoms with Crippen molar-refractivity contribution in [2.45, 2.75) is 6.42 Å². The first kappa shape index (κ1) is 13.4. The van der Waals surface area contributed by atoms with Crippen LogP contribution in [0, 0.1) is 11.9 Å². The van der Waals surface area contributed by atoms with Gasteiger partial charge in [0, 0.05) is 5.02 Å². The molecule has 98 valence electrons. The van der Waals surface area contributed by atoms with Gasteiger partial charge in [-0.15, -0.1) is 0 Å². The summed E-state index contributed by atoms with van der Waals surface area (Å²) in [6.07, 6.45) is -0.00348. The Morgan fingerprint density at radius 2 is 1.95 bits per heavy atom. The molecule has 0 radical (unpaired) electrons. The molecule has 1 N–H and O–H groups in total. The number of nitrogens with zero attached hydrogens (tertiary/aromatic N) is 1. The van der Waals surface area contributed by atoms with E-state index < -0.39 is 17.8 Å². The molecule has 0 atom stereocenters. The number of halogens is 3. The molecule has 3 nitrogen and oxygen atoms in total. The summed E-state index contributed by atoms with van der Waals surface area (Å²) in [4.78, 5) is 14.7. The van der Waals surface area contributed by atoms with Gasteiger partial charge < -0.3 is 5.32 Å². The van der Waals surface area contributed by atoms with Gasteiger partial charge in [0.2, 0.25) is 17.8 Å². The number of benzene rings is 1. The number of amides is 1. The van der Waals surface area contributed by atoms with E-state index in [1.165, 1.54) is 0 Å². The molecule has 0 spiro atoms. The second kappa shape index (κ2) is 5.75. The molecule has 0 unspecified atom stereocenters. The van der Waals surface area contributed by atoms with Crippen molar-refractivity contribution in [2.75, 3.05) is 5.32 Å². The SMILES string of the molecule is O=C(Cc1ccccc1Cl)Nc1ccc(F)nc1F. The van der Waals surface area contributed by atoms with Crippen LogP contribution in [-0.2, 0) is 11.2 Å². The van der Waals surface area contributed by atoms with E-state index in [0.717, 1.165) is 12.1 Å². The van der Waals surface area contributed by atoms with Crippen molar-refractivity contribution in [3.05, 3.63) is 58.9 Å². The van der Waals surface area contributed by atoms with Crippen molar-refractivity contribution in [1.29, 1.82) is 0 Å². The van der Waals surface area contributed by atoms with Crippen LogP contribution in [0.25, 0.3) is 0 Å². The number of hydrogen-bond donors (Lipinski definition) is 1. The lowest BCUT2D eigenvalue weighted by Gasteiger charge is -2.06. The van der Waals surface area contributed by atoms with E-state index >= 15 is 0 Å². The molecule has 1 heterocycles. The summed E-state index contributed by atoms with van der Waals surface area (Å²) in [5.74, 6) is -2.46. The van der Waals surface area contributed by atoms with Crippen LogP contribution in [0.1, 0.15) is 5.56 Å². The summed E-state index contributed by atoms with van der Waals surface area (Å²) in [6, 6.07) is 8.92. The molecule has 0 aliphatic carbocycles. The first-order chi connectivity index (χ1) is 9.06. The predicted molar refractivity (Wildman–Crippen MR) is 67.9 cm³/mol. The third-order valence-corrected chi connectivity index (χ3v) is 2.77. The highest BCUT2D eigenvalue weighted by molar-refractivity contribution is 6.31. The van der Waals surface area contributed by atoms with Crippen molar-refractivity contribution in [1.82, 2.24) is 4.98 Å². The molecule has 1 aromatic heterocycles. The van der Waals surface area contributed by atoms with Crippen LogP contribution in [0.5, 0.6) is 0 Å². The van der Waals surface area contributed by atoms with Gasteiger partial charge in [-0.2, -0.15) is 13.8 Å². The number of anilines is 1.